The lowest BCUT2D eigenvalue weighted by Gasteiger charge is -1.99. The van der Waals surface area contributed by atoms with E-state index in [9.17, 15) is 4.79 Å². The molecule has 0 bridgehead atoms. The Bertz CT molecular complexity index is 653. The molecule has 0 aliphatic heterocycles. The smallest absolute Gasteiger partial charge is 0.273 e. The number of nitrogens with zero attached hydrogens (tertiary/aromatic N) is 1. The molecule has 3 rings (SSSR count). The molecule has 0 aliphatic carbocycles. The van der Waals surface area contributed by atoms with Crippen molar-refractivity contribution in [2.45, 2.75) is 6.54 Å². The van der Waals surface area contributed by atoms with Crippen LogP contribution in [0.15, 0.2) is 51.9 Å². The standard InChI is InChI=1S/C13H11N3O3/c17-13(15-8-9-3-4-14-7-9)10-6-12(19-16-10)11-2-1-5-18-11/h1-7,14H,8H2,(H,15,17). The zero-order valence-corrected chi connectivity index (χ0v) is 9.92. The number of hydrogen-bond donors (Lipinski definition) is 2. The Morgan fingerprint density at radius 3 is 3.05 bits per heavy atom. The van der Waals surface area contributed by atoms with Gasteiger partial charge in [-0.2, -0.15) is 0 Å². The number of carbonyl (C=O) groups excluding carboxylic acids is 1. The SMILES string of the molecule is O=C(NCc1cc[nH]c1)c1cc(-c2ccco2)on1. The fourth-order valence-corrected chi connectivity index (χ4v) is 1.66. The summed E-state index contributed by atoms with van der Waals surface area (Å²) in [6, 6.07) is 6.91. The number of carbonyl (C=O) groups is 1. The molecule has 0 aliphatic rings. The van der Waals surface area contributed by atoms with Gasteiger partial charge in [0.2, 0.25) is 5.76 Å². The number of rotatable bonds is 4. The van der Waals surface area contributed by atoms with Crippen LogP contribution in [-0.2, 0) is 6.54 Å². The largest absolute Gasteiger partial charge is 0.461 e. The van der Waals surface area contributed by atoms with Crippen molar-refractivity contribution < 1.29 is 13.7 Å². The summed E-state index contributed by atoms with van der Waals surface area (Å²) < 4.78 is 10.2. The summed E-state index contributed by atoms with van der Waals surface area (Å²) in [5.41, 5.74) is 1.21. The summed E-state index contributed by atoms with van der Waals surface area (Å²) in [6.07, 6.45) is 5.15. The van der Waals surface area contributed by atoms with Crippen LogP contribution < -0.4 is 5.32 Å². The van der Waals surface area contributed by atoms with E-state index in [4.69, 9.17) is 8.94 Å². The maximum Gasteiger partial charge on any atom is 0.273 e. The molecule has 96 valence electrons. The summed E-state index contributed by atoms with van der Waals surface area (Å²) in [6.45, 7) is 0.436. The van der Waals surface area contributed by atoms with E-state index in [0.717, 1.165) is 5.56 Å². The van der Waals surface area contributed by atoms with Gasteiger partial charge >= 0.3 is 0 Å². The van der Waals surface area contributed by atoms with Crippen LogP contribution in [0, 0.1) is 0 Å². The Hall–Kier alpha value is -2.76. The van der Waals surface area contributed by atoms with E-state index in [-0.39, 0.29) is 11.6 Å². The van der Waals surface area contributed by atoms with Gasteiger partial charge < -0.3 is 19.2 Å². The molecule has 6 heteroatoms. The number of hydrogen-bond acceptors (Lipinski definition) is 4. The van der Waals surface area contributed by atoms with Crippen LogP contribution in [0.3, 0.4) is 0 Å². The summed E-state index contributed by atoms with van der Waals surface area (Å²) in [4.78, 5) is 14.8. The van der Waals surface area contributed by atoms with E-state index < -0.39 is 0 Å². The molecule has 0 atom stereocenters. The number of nitrogens with one attached hydrogen (secondary N) is 2. The van der Waals surface area contributed by atoms with Gasteiger partial charge in [-0.05, 0) is 23.8 Å². The first-order valence-corrected chi connectivity index (χ1v) is 5.73. The van der Waals surface area contributed by atoms with E-state index >= 15 is 0 Å². The number of aromatic amines is 1. The van der Waals surface area contributed by atoms with E-state index in [1.807, 2.05) is 12.3 Å². The molecule has 0 spiro atoms. The average Bonchev–Trinajstić information content (AvgIpc) is 3.14. The van der Waals surface area contributed by atoms with Gasteiger partial charge in [0.1, 0.15) is 0 Å². The minimum atomic E-state index is -0.289. The van der Waals surface area contributed by atoms with Crippen molar-refractivity contribution in [2.75, 3.05) is 0 Å². The van der Waals surface area contributed by atoms with Gasteiger partial charge in [0.05, 0.1) is 6.26 Å². The summed E-state index contributed by atoms with van der Waals surface area (Å²) in [5.74, 6) is 0.678. The van der Waals surface area contributed by atoms with E-state index in [1.165, 1.54) is 6.26 Å². The van der Waals surface area contributed by atoms with Gasteiger partial charge in [0.25, 0.3) is 5.91 Å². The second-order valence-electron chi connectivity index (χ2n) is 3.96. The molecule has 6 nitrogen and oxygen atoms in total. The third-order valence-electron chi connectivity index (χ3n) is 2.62. The molecular weight excluding hydrogens is 246 g/mol. The van der Waals surface area contributed by atoms with Crippen LogP contribution >= 0.6 is 0 Å². The maximum atomic E-state index is 11.8. The third-order valence-corrected chi connectivity index (χ3v) is 2.62. The number of aromatic nitrogens is 2. The molecule has 0 aromatic carbocycles. The average molecular weight is 257 g/mol. The second kappa shape index (κ2) is 4.85. The fourth-order valence-electron chi connectivity index (χ4n) is 1.66. The van der Waals surface area contributed by atoms with Crippen LogP contribution in [0.25, 0.3) is 11.5 Å². The van der Waals surface area contributed by atoms with Crippen molar-refractivity contribution in [3.63, 3.8) is 0 Å². The molecule has 0 saturated carbocycles. The normalized spacial score (nSPS) is 10.5. The fraction of sp³-hybridized carbons (Fsp3) is 0.0769. The maximum absolute atomic E-state index is 11.8. The van der Waals surface area contributed by atoms with Gasteiger partial charge in [0.15, 0.2) is 11.5 Å². The zero-order valence-electron chi connectivity index (χ0n) is 9.92. The van der Waals surface area contributed by atoms with Crippen molar-refractivity contribution in [3.8, 4) is 11.5 Å². The van der Waals surface area contributed by atoms with Gasteiger partial charge in [-0.15, -0.1) is 0 Å². The Labute approximate surface area is 108 Å². The topological polar surface area (TPSA) is 84.1 Å². The van der Waals surface area contributed by atoms with Crippen LogP contribution in [-0.4, -0.2) is 16.0 Å². The van der Waals surface area contributed by atoms with E-state index in [1.54, 1.807) is 24.4 Å². The molecule has 3 heterocycles. The van der Waals surface area contributed by atoms with Gasteiger partial charge in [0, 0.05) is 25.0 Å². The van der Waals surface area contributed by atoms with Gasteiger partial charge in [-0.1, -0.05) is 5.16 Å². The molecule has 0 radical (unpaired) electrons. The highest BCUT2D eigenvalue weighted by Crippen LogP contribution is 2.20. The van der Waals surface area contributed by atoms with Crippen molar-refractivity contribution in [1.82, 2.24) is 15.5 Å². The molecular formula is C13H11N3O3. The Morgan fingerprint density at radius 2 is 2.32 bits per heavy atom. The van der Waals surface area contributed by atoms with Crippen molar-refractivity contribution in [1.29, 1.82) is 0 Å². The van der Waals surface area contributed by atoms with Crippen LogP contribution in [0.4, 0.5) is 0 Å². The molecule has 1 amide bonds. The Morgan fingerprint density at radius 1 is 1.37 bits per heavy atom. The van der Waals surface area contributed by atoms with E-state index in [0.29, 0.717) is 18.1 Å². The highest BCUT2D eigenvalue weighted by Gasteiger charge is 2.14. The Kier molecular flexibility index (Phi) is 2.89. The van der Waals surface area contributed by atoms with Crippen molar-refractivity contribution >= 4 is 5.91 Å². The predicted molar refractivity (Wildman–Crippen MR) is 66.2 cm³/mol. The highest BCUT2D eigenvalue weighted by molar-refractivity contribution is 5.92. The minimum absolute atomic E-state index is 0.224. The molecule has 0 unspecified atom stereocenters. The molecule has 3 aromatic heterocycles. The second-order valence-corrected chi connectivity index (χ2v) is 3.96. The summed E-state index contributed by atoms with van der Waals surface area (Å²) >= 11 is 0. The molecule has 2 N–H and O–H groups in total. The lowest BCUT2D eigenvalue weighted by molar-refractivity contribution is 0.0942. The highest BCUT2D eigenvalue weighted by atomic mass is 16.5. The van der Waals surface area contributed by atoms with Crippen molar-refractivity contribution in [3.05, 3.63) is 54.2 Å². The zero-order chi connectivity index (χ0) is 13.1. The lowest BCUT2D eigenvalue weighted by Crippen LogP contribution is -2.22. The van der Waals surface area contributed by atoms with Crippen molar-refractivity contribution in [2.24, 2.45) is 0 Å². The quantitative estimate of drug-likeness (QED) is 0.750. The van der Waals surface area contributed by atoms with Crippen LogP contribution in [0.5, 0.6) is 0 Å². The minimum Gasteiger partial charge on any atom is -0.461 e. The van der Waals surface area contributed by atoms with Gasteiger partial charge in [-0.3, -0.25) is 4.79 Å². The first kappa shape index (κ1) is 11.3. The van der Waals surface area contributed by atoms with E-state index in [2.05, 4.69) is 15.5 Å². The lowest BCUT2D eigenvalue weighted by atomic mass is 10.3. The Balaban J connectivity index is 1.67. The molecule has 0 saturated heterocycles. The first-order chi connectivity index (χ1) is 9.33. The number of amides is 1. The summed E-state index contributed by atoms with van der Waals surface area (Å²) in [7, 11) is 0. The molecule has 19 heavy (non-hydrogen) atoms. The van der Waals surface area contributed by atoms with Crippen LogP contribution in [0.2, 0.25) is 0 Å². The molecule has 0 fully saturated rings. The number of furan rings is 1. The monoisotopic (exact) mass is 257 g/mol. The summed E-state index contributed by atoms with van der Waals surface area (Å²) in [5, 5.41) is 6.47. The third kappa shape index (κ3) is 2.42. The molecule has 3 aromatic rings. The predicted octanol–water partition coefficient (Wildman–Crippen LogP) is 2.19. The first-order valence-electron chi connectivity index (χ1n) is 5.73. The van der Waals surface area contributed by atoms with Crippen LogP contribution in [0.1, 0.15) is 16.1 Å². The number of H-pyrrole nitrogens is 1. The van der Waals surface area contributed by atoms with Gasteiger partial charge in [-0.25, -0.2) is 0 Å².